The van der Waals surface area contributed by atoms with Gasteiger partial charge in [0.2, 0.25) is 0 Å². The molecule has 2 N–H and O–H groups in total. The molecule has 0 spiro atoms. The number of amides is 2. The lowest BCUT2D eigenvalue weighted by molar-refractivity contribution is -0.137. The van der Waals surface area contributed by atoms with Crippen LogP contribution in [0.4, 0.5) is 0 Å². The van der Waals surface area contributed by atoms with Gasteiger partial charge in [-0.05, 0) is 31.2 Å². The molecular weight excluding hydrogens is 192 g/mol. The zero-order chi connectivity index (χ0) is 10.8. The molecule has 1 heterocycles. The molecule has 1 aliphatic carbocycles. The molecule has 2 aliphatic rings. The number of hydrogen-bond acceptors (Lipinski definition) is 3. The van der Waals surface area contributed by atoms with Gasteiger partial charge in [-0.1, -0.05) is 6.42 Å². The van der Waals surface area contributed by atoms with Crippen molar-refractivity contribution in [2.45, 2.75) is 19.3 Å². The molecule has 0 aromatic rings. The largest absolute Gasteiger partial charge is 0.330 e. The van der Waals surface area contributed by atoms with Crippen LogP contribution in [0.5, 0.6) is 0 Å². The Labute approximate surface area is 89.1 Å². The van der Waals surface area contributed by atoms with Crippen LogP contribution in [-0.4, -0.2) is 29.8 Å². The molecule has 4 heteroatoms. The Kier molecular flexibility index (Phi) is 2.86. The molecule has 82 valence electrons. The Balaban J connectivity index is 1.97. The van der Waals surface area contributed by atoms with Crippen LogP contribution in [-0.2, 0) is 9.59 Å². The molecule has 0 radical (unpaired) electrons. The van der Waals surface area contributed by atoms with Gasteiger partial charge < -0.3 is 5.73 Å². The van der Waals surface area contributed by atoms with Crippen molar-refractivity contribution < 1.29 is 9.59 Å². The highest BCUT2D eigenvalue weighted by molar-refractivity contribution is 6.12. The second kappa shape index (κ2) is 4.14. The molecule has 1 fully saturated rings. The van der Waals surface area contributed by atoms with E-state index in [2.05, 4.69) is 0 Å². The summed E-state index contributed by atoms with van der Waals surface area (Å²) in [6.45, 7) is 1.21. The van der Waals surface area contributed by atoms with Crippen molar-refractivity contribution >= 4 is 11.8 Å². The van der Waals surface area contributed by atoms with E-state index in [0.29, 0.717) is 24.9 Å². The highest BCUT2D eigenvalue weighted by Gasteiger charge is 2.32. The zero-order valence-electron chi connectivity index (χ0n) is 8.69. The summed E-state index contributed by atoms with van der Waals surface area (Å²) >= 11 is 0. The first-order valence-corrected chi connectivity index (χ1v) is 5.46. The van der Waals surface area contributed by atoms with Crippen LogP contribution in [0.25, 0.3) is 0 Å². The standard InChI is InChI=1S/C11H16N2O2/c12-6-8-2-1-3-9(8)7-13-10(14)4-5-11(13)15/h4-5,8-9H,1-3,6-7,12H2. The lowest BCUT2D eigenvalue weighted by atomic mass is 9.96. The van der Waals surface area contributed by atoms with Crippen molar-refractivity contribution in [2.75, 3.05) is 13.1 Å². The minimum atomic E-state index is -0.178. The number of imide groups is 1. The predicted molar refractivity (Wildman–Crippen MR) is 55.7 cm³/mol. The number of rotatable bonds is 3. The van der Waals surface area contributed by atoms with Crippen molar-refractivity contribution in [3.63, 3.8) is 0 Å². The van der Waals surface area contributed by atoms with Gasteiger partial charge in [0.15, 0.2) is 0 Å². The second-order valence-electron chi connectivity index (χ2n) is 4.31. The first kappa shape index (κ1) is 10.4. The fraction of sp³-hybridized carbons (Fsp3) is 0.636. The molecule has 0 aromatic carbocycles. The van der Waals surface area contributed by atoms with E-state index < -0.39 is 0 Å². The van der Waals surface area contributed by atoms with Gasteiger partial charge >= 0.3 is 0 Å². The maximum absolute atomic E-state index is 11.4. The monoisotopic (exact) mass is 208 g/mol. The summed E-state index contributed by atoms with van der Waals surface area (Å²) in [6.07, 6.45) is 6.06. The Bertz CT molecular complexity index is 294. The predicted octanol–water partition coefficient (Wildman–Crippen LogP) is 0.286. The summed E-state index contributed by atoms with van der Waals surface area (Å²) in [5, 5.41) is 0. The topological polar surface area (TPSA) is 63.4 Å². The molecule has 2 amide bonds. The van der Waals surface area contributed by atoms with E-state index in [1.54, 1.807) is 0 Å². The van der Waals surface area contributed by atoms with E-state index in [1.807, 2.05) is 0 Å². The highest BCUT2D eigenvalue weighted by Crippen LogP contribution is 2.31. The van der Waals surface area contributed by atoms with Crippen molar-refractivity contribution in [1.82, 2.24) is 4.90 Å². The molecule has 2 rings (SSSR count). The Morgan fingerprint density at radius 3 is 2.40 bits per heavy atom. The summed E-state index contributed by atoms with van der Waals surface area (Å²) in [4.78, 5) is 24.0. The average molecular weight is 208 g/mol. The van der Waals surface area contributed by atoms with Gasteiger partial charge in [-0.3, -0.25) is 14.5 Å². The minimum absolute atomic E-state index is 0.178. The first-order valence-electron chi connectivity index (χ1n) is 5.46. The maximum Gasteiger partial charge on any atom is 0.253 e. The van der Waals surface area contributed by atoms with Gasteiger partial charge in [-0.2, -0.15) is 0 Å². The van der Waals surface area contributed by atoms with Crippen LogP contribution < -0.4 is 5.73 Å². The van der Waals surface area contributed by atoms with Gasteiger partial charge in [0, 0.05) is 18.7 Å². The molecular formula is C11H16N2O2. The normalized spacial score (nSPS) is 30.6. The first-order chi connectivity index (χ1) is 7.22. The number of hydrogen-bond donors (Lipinski definition) is 1. The van der Waals surface area contributed by atoms with E-state index in [9.17, 15) is 9.59 Å². The van der Waals surface area contributed by atoms with Crippen LogP contribution in [0.3, 0.4) is 0 Å². The molecule has 0 saturated heterocycles. The fourth-order valence-corrected chi connectivity index (χ4v) is 2.51. The quantitative estimate of drug-likeness (QED) is 0.678. The molecule has 0 aromatic heterocycles. The van der Waals surface area contributed by atoms with Gasteiger partial charge in [0.1, 0.15) is 0 Å². The van der Waals surface area contributed by atoms with E-state index in [-0.39, 0.29) is 11.8 Å². The van der Waals surface area contributed by atoms with Crippen molar-refractivity contribution in [2.24, 2.45) is 17.6 Å². The Morgan fingerprint density at radius 1 is 1.20 bits per heavy atom. The van der Waals surface area contributed by atoms with E-state index >= 15 is 0 Å². The third kappa shape index (κ3) is 1.95. The van der Waals surface area contributed by atoms with Gasteiger partial charge in [0.25, 0.3) is 11.8 Å². The summed E-state index contributed by atoms with van der Waals surface area (Å²) in [6, 6.07) is 0. The second-order valence-corrected chi connectivity index (χ2v) is 4.31. The Morgan fingerprint density at radius 2 is 1.80 bits per heavy atom. The van der Waals surface area contributed by atoms with Gasteiger partial charge in [-0.15, -0.1) is 0 Å². The SMILES string of the molecule is NCC1CCCC1CN1C(=O)C=CC1=O. The number of nitrogens with two attached hydrogens (primary N) is 1. The molecule has 15 heavy (non-hydrogen) atoms. The highest BCUT2D eigenvalue weighted by atomic mass is 16.2. The number of carbonyl (C=O) groups excluding carboxylic acids is 2. The average Bonchev–Trinajstić information content (AvgIpc) is 2.79. The van der Waals surface area contributed by atoms with Crippen LogP contribution in [0.2, 0.25) is 0 Å². The zero-order valence-corrected chi connectivity index (χ0v) is 8.69. The fourth-order valence-electron chi connectivity index (χ4n) is 2.51. The minimum Gasteiger partial charge on any atom is -0.330 e. The molecule has 1 saturated carbocycles. The van der Waals surface area contributed by atoms with E-state index in [1.165, 1.54) is 17.1 Å². The Hall–Kier alpha value is -1.16. The molecule has 2 atom stereocenters. The van der Waals surface area contributed by atoms with Crippen molar-refractivity contribution in [3.05, 3.63) is 12.2 Å². The lowest BCUT2D eigenvalue weighted by Gasteiger charge is -2.23. The van der Waals surface area contributed by atoms with E-state index in [0.717, 1.165) is 19.3 Å². The molecule has 1 aliphatic heterocycles. The number of carbonyl (C=O) groups is 2. The van der Waals surface area contributed by atoms with E-state index in [4.69, 9.17) is 5.73 Å². The third-order valence-electron chi connectivity index (χ3n) is 3.44. The molecule has 0 bridgehead atoms. The third-order valence-corrected chi connectivity index (χ3v) is 3.44. The van der Waals surface area contributed by atoms with Crippen LogP contribution in [0, 0.1) is 11.8 Å². The lowest BCUT2D eigenvalue weighted by Crippen LogP contribution is -2.37. The summed E-state index contributed by atoms with van der Waals surface area (Å²) in [5.74, 6) is 0.527. The maximum atomic E-state index is 11.4. The van der Waals surface area contributed by atoms with Gasteiger partial charge in [0.05, 0.1) is 0 Å². The molecule has 2 unspecified atom stereocenters. The summed E-state index contributed by atoms with van der Waals surface area (Å²) in [7, 11) is 0. The van der Waals surface area contributed by atoms with Crippen molar-refractivity contribution in [3.8, 4) is 0 Å². The van der Waals surface area contributed by atoms with Crippen LogP contribution >= 0.6 is 0 Å². The van der Waals surface area contributed by atoms with Crippen LogP contribution in [0.1, 0.15) is 19.3 Å². The summed E-state index contributed by atoms with van der Waals surface area (Å²) < 4.78 is 0. The summed E-state index contributed by atoms with van der Waals surface area (Å²) in [5.41, 5.74) is 5.66. The smallest absolute Gasteiger partial charge is 0.253 e. The van der Waals surface area contributed by atoms with Crippen molar-refractivity contribution in [1.29, 1.82) is 0 Å². The number of nitrogens with zero attached hydrogens (tertiary/aromatic N) is 1. The van der Waals surface area contributed by atoms with Gasteiger partial charge in [-0.25, -0.2) is 0 Å². The van der Waals surface area contributed by atoms with Crippen LogP contribution in [0.15, 0.2) is 12.2 Å². The molecule has 4 nitrogen and oxygen atoms in total.